The molecule has 12 heavy (non-hydrogen) atoms. The van der Waals surface area contributed by atoms with E-state index in [1.807, 2.05) is 0 Å². The fourth-order valence-corrected chi connectivity index (χ4v) is 0.885. The summed E-state index contributed by atoms with van der Waals surface area (Å²) in [5, 5.41) is 2.10. The van der Waals surface area contributed by atoms with Gasteiger partial charge in [-0.05, 0) is 19.4 Å². The molecule has 0 heterocycles. The van der Waals surface area contributed by atoms with Gasteiger partial charge in [-0.15, -0.1) is 0 Å². The number of nitrogens with one attached hydrogen (secondary N) is 1. The molecular formula is C5H13N2O4P. The Kier molecular flexibility index (Phi) is 5.08. The Morgan fingerprint density at radius 2 is 2.00 bits per heavy atom. The molecule has 5 N–H and O–H groups in total. The van der Waals surface area contributed by atoms with Gasteiger partial charge in [0.2, 0.25) is 0 Å². The van der Waals surface area contributed by atoms with Crippen molar-refractivity contribution in [2.75, 3.05) is 13.1 Å². The van der Waals surface area contributed by atoms with Crippen LogP contribution < -0.4 is 11.1 Å². The molecule has 0 saturated heterocycles. The zero-order valence-electron chi connectivity index (χ0n) is 6.56. The van der Waals surface area contributed by atoms with Crippen molar-refractivity contribution in [3.05, 3.63) is 0 Å². The summed E-state index contributed by atoms with van der Waals surface area (Å²) in [4.78, 5) is 27.2. The fraction of sp³-hybridized carbons (Fsp3) is 0.800. The third-order valence-corrected chi connectivity index (χ3v) is 1.86. The Bertz CT molecular complexity index is 190. The molecule has 0 aliphatic carbocycles. The molecule has 72 valence electrons. The summed E-state index contributed by atoms with van der Waals surface area (Å²) >= 11 is 0. The highest BCUT2D eigenvalue weighted by Crippen LogP contribution is 2.34. The summed E-state index contributed by atoms with van der Waals surface area (Å²) in [6.07, 6.45) is 1.35. The van der Waals surface area contributed by atoms with E-state index >= 15 is 0 Å². The molecule has 0 aromatic rings. The topological polar surface area (TPSA) is 113 Å². The van der Waals surface area contributed by atoms with Gasteiger partial charge in [-0.3, -0.25) is 4.79 Å². The molecule has 6 nitrogen and oxygen atoms in total. The highest BCUT2D eigenvalue weighted by molar-refractivity contribution is 7.69. The second-order valence-electron chi connectivity index (χ2n) is 2.27. The van der Waals surface area contributed by atoms with E-state index < -0.39 is 13.2 Å². The standard InChI is InChI=1S/C5H13N2O4P/c6-3-1-2-4-7-5(8)12(9,10)11/h1-4,6H2,(H,7,8)(H2,9,10,11). The SMILES string of the molecule is NCCCCNC(=O)P(=O)(O)O. The van der Waals surface area contributed by atoms with Gasteiger partial charge in [-0.25, -0.2) is 4.57 Å². The zero-order chi connectivity index (χ0) is 9.61. The Morgan fingerprint density at radius 1 is 1.42 bits per heavy atom. The van der Waals surface area contributed by atoms with Gasteiger partial charge in [0.15, 0.2) is 0 Å². The maximum absolute atomic E-state index is 10.5. The third kappa shape index (κ3) is 5.26. The fourth-order valence-electron chi connectivity index (χ4n) is 0.568. The molecule has 1 amide bonds. The number of unbranched alkanes of at least 4 members (excludes halogenated alkanes) is 1. The zero-order valence-corrected chi connectivity index (χ0v) is 7.46. The molecule has 0 atom stereocenters. The summed E-state index contributed by atoms with van der Waals surface area (Å²) in [6, 6.07) is 0. The van der Waals surface area contributed by atoms with Crippen LogP contribution in [0.25, 0.3) is 0 Å². The first-order valence-corrected chi connectivity index (χ1v) is 5.13. The van der Waals surface area contributed by atoms with Crippen LogP contribution in [-0.2, 0) is 4.57 Å². The van der Waals surface area contributed by atoms with Crippen molar-refractivity contribution in [3.63, 3.8) is 0 Å². The second kappa shape index (κ2) is 5.27. The van der Waals surface area contributed by atoms with Crippen molar-refractivity contribution in [1.29, 1.82) is 0 Å². The Hall–Kier alpha value is -0.420. The molecule has 0 fully saturated rings. The molecule has 0 spiro atoms. The van der Waals surface area contributed by atoms with Gasteiger partial charge >= 0.3 is 13.2 Å². The Morgan fingerprint density at radius 3 is 2.42 bits per heavy atom. The van der Waals surface area contributed by atoms with E-state index in [0.29, 0.717) is 13.0 Å². The molecule has 0 saturated carbocycles. The molecule has 0 aliphatic rings. The number of carbonyl (C=O) groups excluding carboxylic acids is 1. The number of carbonyl (C=O) groups is 1. The van der Waals surface area contributed by atoms with E-state index in [-0.39, 0.29) is 6.54 Å². The van der Waals surface area contributed by atoms with Crippen LogP contribution in [0.5, 0.6) is 0 Å². The van der Waals surface area contributed by atoms with Crippen LogP contribution in [0, 0.1) is 0 Å². The molecule has 0 rings (SSSR count). The van der Waals surface area contributed by atoms with Crippen molar-refractivity contribution in [2.24, 2.45) is 5.73 Å². The third-order valence-electron chi connectivity index (χ3n) is 1.17. The van der Waals surface area contributed by atoms with Crippen LogP contribution in [0.15, 0.2) is 0 Å². The first-order valence-electron chi connectivity index (χ1n) is 3.52. The molecule has 0 radical (unpaired) electrons. The summed E-state index contributed by atoms with van der Waals surface area (Å²) in [5.74, 6) is 0. The van der Waals surface area contributed by atoms with E-state index in [2.05, 4.69) is 5.32 Å². The van der Waals surface area contributed by atoms with Crippen LogP contribution in [0.2, 0.25) is 0 Å². The van der Waals surface area contributed by atoms with Crippen molar-refractivity contribution in [2.45, 2.75) is 12.8 Å². The van der Waals surface area contributed by atoms with Crippen LogP contribution >= 0.6 is 7.60 Å². The lowest BCUT2D eigenvalue weighted by Crippen LogP contribution is -2.23. The van der Waals surface area contributed by atoms with Gasteiger partial charge in [-0.2, -0.15) is 0 Å². The number of hydrogen-bond donors (Lipinski definition) is 4. The second-order valence-corrected chi connectivity index (χ2v) is 3.77. The first-order chi connectivity index (χ1) is 5.48. The minimum atomic E-state index is -4.59. The maximum Gasteiger partial charge on any atom is 0.413 e. The number of nitrogens with two attached hydrogens (primary N) is 1. The molecule has 0 aliphatic heterocycles. The number of amides is 1. The normalized spacial score (nSPS) is 11.2. The van der Waals surface area contributed by atoms with Crippen molar-refractivity contribution in [1.82, 2.24) is 5.32 Å². The van der Waals surface area contributed by atoms with E-state index in [1.165, 1.54) is 0 Å². The summed E-state index contributed by atoms with van der Waals surface area (Å²) < 4.78 is 10.3. The van der Waals surface area contributed by atoms with Crippen LogP contribution in [0.3, 0.4) is 0 Å². The largest absolute Gasteiger partial charge is 0.413 e. The highest BCUT2D eigenvalue weighted by Gasteiger charge is 2.24. The Balaban J connectivity index is 3.52. The van der Waals surface area contributed by atoms with Crippen LogP contribution in [-0.4, -0.2) is 28.5 Å². The Labute approximate surface area is 70.3 Å². The van der Waals surface area contributed by atoms with Gasteiger partial charge in [0, 0.05) is 6.54 Å². The van der Waals surface area contributed by atoms with E-state index in [4.69, 9.17) is 15.5 Å². The van der Waals surface area contributed by atoms with Crippen LogP contribution in [0.4, 0.5) is 4.79 Å². The molecular weight excluding hydrogens is 183 g/mol. The minimum Gasteiger partial charge on any atom is -0.346 e. The predicted octanol–water partition coefficient (Wildman–Crippen LogP) is -0.387. The van der Waals surface area contributed by atoms with Crippen LogP contribution in [0.1, 0.15) is 12.8 Å². The molecule has 0 aromatic carbocycles. The van der Waals surface area contributed by atoms with E-state index in [0.717, 1.165) is 6.42 Å². The summed E-state index contributed by atoms with van der Waals surface area (Å²) in [5.41, 5.74) is 3.94. The summed E-state index contributed by atoms with van der Waals surface area (Å²) in [7, 11) is -4.59. The van der Waals surface area contributed by atoms with Gasteiger partial charge < -0.3 is 20.8 Å². The maximum atomic E-state index is 10.5. The average Bonchev–Trinajstić information content (AvgIpc) is 1.96. The van der Waals surface area contributed by atoms with E-state index in [1.54, 1.807) is 0 Å². The summed E-state index contributed by atoms with van der Waals surface area (Å²) in [6.45, 7) is 0.757. The first kappa shape index (κ1) is 11.6. The quantitative estimate of drug-likeness (QED) is 0.353. The van der Waals surface area contributed by atoms with E-state index in [9.17, 15) is 9.36 Å². The average molecular weight is 196 g/mol. The monoisotopic (exact) mass is 196 g/mol. The van der Waals surface area contributed by atoms with Gasteiger partial charge in [0.05, 0.1) is 0 Å². The van der Waals surface area contributed by atoms with Crippen molar-refractivity contribution in [3.8, 4) is 0 Å². The number of rotatable bonds is 5. The molecule has 0 bridgehead atoms. The van der Waals surface area contributed by atoms with Gasteiger partial charge in [0.1, 0.15) is 0 Å². The smallest absolute Gasteiger partial charge is 0.346 e. The molecule has 0 unspecified atom stereocenters. The van der Waals surface area contributed by atoms with Crippen molar-refractivity contribution >= 4 is 13.2 Å². The lowest BCUT2D eigenvalue weighted by Gasteiger charge is -2.04. The lowest BCUT2D eigenvalue weighted by atomic mass is 10.3. The lowest BCUT2D eigenvalue weighted by molar-refractivity contribution is 0.248. The van der Waals surface area contributed by atoms with Gasteiger partial charge in [-0.1, -0.05) is 0 Å². The minimum absolute atomic E-state index is 0.251. The van der Waals surface area contributed by atoms with Crippen molar-refractivity contribution < 1.29 is 19.1 Å². The number of hydrogen-bond acceptors (Lipinski definition) is 3. The molecule has 0 aromatic heterocycles. The predicted molar refractivity (Wildman–Crippen MR) is 43.7 cm³/mol. The highest BCUT2D eigenvalue weighted by atomic mass is 31.2. The molecule has 7 heteroatoms. The van der Waals surface area contributed by atoms with Gasteiger partial charge in [0.25, 0.3) is 0 Å².